The van der Waals surface area contributed by atoms with Crippen molar-refractivity contribution in [3.05, 3.63) is 39.4 Å². The molecule has 2 heterocycles. The van der Waals surface area contributed by atoms with Gasteiger partial charge in [0.15, 0.2) is 3.92 Å². The Morgan fingerprint density at radius 1 is 1.28 bits per heavy atom. The summed E-state index contributed by atoms with van der Waals surface area (Å²) in [7, 11) is 0. The van der Waals surface area contributed by atoms with Crippen LogP contribution in [0.4, 0.5) is 10.5 Å². The largest absolute Gasteiger partial charge is 0.442 e. The van der Waals surface area contributed by atoms with Crippen molar-refractivity contribution in [2.24, 2.45) is 0 Å². The summed E-state index contributed by atoms with van der Waals surface area (Å²) in [4.78, 5) is 29.1. The van der Waals surface area contributed by atoms with E-state index in [1.165, 1.54) is 28.4 Å². The number of nitrogens with one attached hydrogen (secondary N) is 1. The summed E-state index contributed by atoms with van der Waals surface area (Å²) in [6.45, 7) is 5.36. The van der Waals surface area contributed by atoms with Gasteiger partial charge in [0, 0.05) is 5.39 Å². The molecule has 1 aromatic carbocycles. The van der Waals surface area contributed by atoms with Crippen molar-refractivity contribution in [2.75, 3.05) is 5.32 Å². The number of thiazole rings is 1. The van der Waals surface area contributed by atoms with Crippen LogP contribution < -0.4 is 5.32 Å². The summed E-state index contributed by atoms with van der Waals surface area (Å²) in [6, 6.07) is 5.23. The van der Waals surface area contributed by atoms with Gasteiger partial charge >= 0.3 is 6.09 Å². The molecule has 0 radical (unpaired) electrons. The second-order valence-electron chi connectivity index (χ2n) is 6.21. The van der Waals surface area contributed by atoms with E-state index in [-0.39, 0.29) is 5.91 Å². The average Bonchev–Trinajstić information content (AvgIpc) is 3.12. The molecular weight excluding hydrogens is 408 g/mol. The van der Waals surface area contributed by atoms with Gasteiger partial charge in [-0.3, -0.25) is 4.79 Å². The van der Waals surface area contributed by atoms with Gasteiger partial charge in [0.05, 0.1) is 23.6 Å². The summed E-state index contributed by atoms with van der Waals surface area (Å²) in [5.74, 6) is -0.277. The Hall–Kier alpha value is -2.26. The molecule has 0 bridgehead atoms. The number of fused-ring (bicyclic) bond motifs is 1. The van der Waals surface area contributed by atoms with Crippen LogP contribution in [0.2, 0.25) is 0 Å². The highest BCUT2D eigenvalue weighted by molar-refractivity contribution is 9.11. The molecule has 1 amide bonds. The van der Waals surface area contributed by atoms with E-state index in [9.17, 15) is 9.59 Å². The molecule has 0 saturated carbocycles. The molecule has 130 valence electrons. The van der Waals surface area contributed by atoms with Crippen LogP contribution in [0.3, 0.4) is 0 Å². The number of nitrogens with zero attached hydrogens (tertiary/aromatic N) is 3. The lowest BCUT2D eigenvalue weighted by Crippen LogP contribution is -2.27. The molecule has 3 aromatic rings. The summed E-state index contributed by atoms with van der Waals surface area (Å²) in [6.07, 6.45) is 2.45. The lowest BCUT2D eigenvalue weighted by atomic mass is 10.2. The fourth-order valence-corrected chi connectivity index (χ4v) is 3.31. The standard InChI is InChI=1S/C16H15BrN4O3S/c1-16(2,3)24-15(23)21-11-6-4-5-10(9(11)7-19-21)20-13(22)12-8-18-14(17)25-12/h4-8H,1-3H3,(H,20,22). The van der Waals surface area contributed by atoms with Crippen LogP contribution >= 0.6 is 27.3 Å². The number of anilines is 1. The van der Waals surface area contributed by atoms with Gasteiger partial charge < -0.3 is 10.1 Å². The van der Waals surface area contributed by atoms with Crippen molar-refractivity contribution in [2.45, 2.75) is 26.4 Å². The van der Waals surface area contributed by atoms with Crippen molar-refractivity contribution in [3.63, 3.8) is 0 Å². The summed E-state index contributed by atoms with van der Waals surface area (Å²) < 4.78 is 7.16. The molecule has 0 unspecified atom stereocenters. The minimum atomic E-state index is -0.624. The Morgan fingerprint density at radius 2 is 2.04 bits per heavy atom. The highest BCUT2D eigenvalue weighted by Crippen LogP contribution is 2.26. The van der Waals surface area contributed by atoms with E-state index in [0.29, 0.717) is 25.4 Å². The molecule has 0 aliphatic carbocycles. The van der Waals surface area contributed by atoms with Gasteiger partial charge in [0.1, 0.15) is 10.5 Å². The Bertz CT molecular complexity index is 958. The topological polar surface area (TPSA) is 86.1 Å². The van der Waals surface area contributed by atoms with Crippen LogP contribution in [0.25, 0.3) is 10.9 Å². The summed E-state index contributed by atoms with van der Waals surface area (Å²) in [5, 5.41) is 7.56. The van der Waals surface area contributed by atoms with Gasteiger partial charge in [-0.2, -0.15) is 9.78 Å². The Labute approximate surface area is 156 Å². The number of amides is 1. The zero-order valence-electron chi connectivity index (χ0n) is 13.7. The van der Waals surface area contributed by atoms with E-state index in [1.54, 1.807) is 39.0 Å². The fraction of sp³-hybridized carbons (Fsp3) is 0.250. The first-order chi connectivity index (χ1) is 11.7. The van der Waals surface area contributed by atoms with Crippen LogP contribution in [0.15, 0.2) is 34.5 Å². The SMILES string of the molecule is CC(C)(C)OC(=O)n1ncc2c(NC(=O)c3cnc(Br)s3)cccc21. The normalized spacial score (nSPS) is 11.5. The van der Waals surface area contributed by atoms with Gasteiger partial charge in [-0.05, 0) is 48.8 Å². The molecule has 9 heteroatoms. The Kier molecular flexibility index (Phi) is 4.61. The number of hydrogen-bond acceptors (Lipinski definition) is 6. The van der Waals surface area contributed by atoms with E-state index < -0.39 is 11.7 Å². The first kappa shape index (κ1) is 17.6. The molecule has 7 nitrogen and oxygen atoms in total. The molecular formula is C16H15BrN4O3S. The molecule has 25 heavy (non-hydrogen) atoms. The first-order valence-corrected chi connectivity index (χ1v) is 8.98. The zero-order chi connectivity index (χ0) is 18.2. The lowest BCUT2D eigenvalue weighted by Gasteiger charge is -2.19. The van der Waals surface area contributed by atoms with Crippen LogP contribution in [0.1, 0.15) is 30.4 Å². The van der Waals surface area contributed by atoms with E-state index in [1.807, 2.05) is 0 Å². The van der Waals surface area contributed by atoms with Crippen molar-refractivity contribution >= 4 is 55.9 Å². The van der Waals surface area contributed by atoms with Gasteiger partial charge in [-0.15, -0.1) is 11.3 Å². The molecule has 0 saturated heterocycles. The van der Waals surface area contributed by atoms with Crippen molar-refractivity contribution in [1.82, 2.24) is 14.8 Å². The minimum Gasteiger partial charge on any atom is -0.442 e. The van der Waals surface area contributed by atoms with Crippen LogP contribution in [-0.2, 0) is 4.74 Å². The molecule has 3 rings (SSSR count). The van der Waals surface area contributed by atoms with Gasteiger partial charge in [-0.1, -0.05) is 6.07 Å². The minimum absolute atomic E-state index is 0.277. The Morgan fingerprint density at radius 3 is 2.68 bits per heavy atom. The molecule has 2 aromatic heterocycles. The second kappa shape index (κ2) is 6.57. The average molecular weight is 423 g/mol. The number of ether oxygens (including phenoxy) is 1. The highest BCUT2D eigenvalue weighted by Gasteiger charge is 2.21. The maximum Gasteiger partial charge on any atom is 0.435 e. The number of aromatic nitrogens is 3. The molecule has 0 fully saturated rings. The molecule has 0 atom stereocenters. The number of hydrogen-bond donors (Lipinski definition) is 1. The van der Waals surface area contributed by atoms with E-state index in [4.69, 9.17) is 4.74 Å². The molecule has 1 N–H and O–H groups in total. The van der Waals surface area contributed by atoms with E-state index in [2.05, 4.69) is 31.3 Å². The van der Waals surface area contributed by atoms with Crippen molar-refractivity contribution in [3.8, 4) is 0 Å². The van der Waals surface area contributed by atoms with E-state index in [0.717, 1.165) is 0 Å². The first-order valence-electron chi connectivity index (χ1n) is 7.37. The van der Waals surface area contributed by atoms with E-state index >= 15 is 0 Å². The van der Waals surface area contributed by atoms with Gasteiger partial charge in [-0.25, -0.2) is 9.78 Å². The predicted molar refractivity (Wildman–Crippen MR) is 99.1 cm³/mol. The summed E-state index contributed by atoms with van der Waals surface area (Å²) >= 11 is 4.47. The molecule has 0 aliphatic heterocycles. The smallest absolute Gasteiger partial charge is 0.435 e. The molecule has 0 spiro atoms. The highest BCUT2D eigenvalue weighted by atomic mass is 79.9. The van der Waals surface area contributed by atoms with Crippen molar-refractivity contribution in [1.29, 1.82) is 0 Å². The maximum atomic E-state index is 12.3. The van der Waals surface area contributed by atoms with Crippen LogP contribution in [0.5, 0.6) is 0 Å². The second-order valence-corrected chi connectivity index (χ2v) is 8.51. The summed E-state index contributed by atoms with van der Waals surface area (Å²) in [5.41, 5.74) is 0.486. The number of halogens is 1. The number of carbonyl (C=O) groups is 2. The monoisotopic (exact) mass is 422 g/mol. The Balaban J connectivity index is 1.91. The number of carbonyl (C=O) groups excluding carboxylic acids is 2. The zero-order valence-corrected chi connectivity index (χ0v) is 16.1. The van der Waals surface area contributed by atoms with Crippen LogP contribution in [-0.4, -0.2) is 32.4 Å². The quantitative estimate of drug-likeness (QED) is 0.665. The van der Waals surface area contributed by atoms with Gasteiger partial charge in [0.2, 0.25) is 0 Å². The lowest BCUT2D eigenvalue weighted by molar-refractivity contribution is 0.0522. The third-order valence-corrected chi connectivity index (χ3v) is 4.60. The number of rotatable bonds is 2. The van der Waals surface area contributed by atoms with Crippen LogP contribution in [0, 0.1) is 0 Å². The fourth-order valence-electron chi connectivity index (χ4n) is 2.15. The third-order valence-electron chi connectivity index (χ3n) is 3.13. The number of benzene rings is 1. The third kappa shape index (κ3) is 3.88. The molecule has 0 aliphatic rings. The van der Waals surface area contributed by atoms with Crippen molar-refractivity contribution < 1.29 is 14.3 Å². The van der Waals surface area contributed by atoms with Gasteiger partial charge in [0.25, 0.3) is 5.91 Å². The predicted octanol–water partition coefficient (Wildman–Crippen LogP) is 4.29. The maximum absolute atomic E-state index is 12.3.